The van der Waals surface area contributed by atoms with Gasteiger partial charge in [0.1, 0.15) is 0 Å². The lowest BCUT2D eigenvalue weighted by atomic mass is 10.6. The lowest BCUT2D eigenvalue weighted by Crippen LogP contribution is -2.41. The normalized spacial score (nSPS) is 15.8. The summed E-state index contributed by atoms with van der Waals surface area (Å²) < 4.78 is 6.16. The van der Waals surface area contributed by atoms with Crippen molar-refractivity contribution in [2.45, 2.75) is 58.2 Å². The summed E-state index contributed by atoms with van der Waals surface area (Å²) in [6, 6.07) is 0. The van der Waals surface area contributed by atoms with Gasteiger partial charge >= 0.3 is 0 Å². The standard InChI is InChI=1S/C9H24OSi2/c1-8(2)12(6,7)10-9(3)11(4)5/h8-9,11H,1-7H3. The fourth-order valence-electron chi connectivity index (χ4n) is 0.751. The van der Waals surface area contributed by atoms with Crippen LogP contribution in [0.1, 0.15) is 20.8 Å². The molecule has 0 spiro atoms. The second-order valence-electron chi connectivity index (χ2n) is 4.83. The van der Waals surface area contributed by atoms with Gasteiger partial charge in [-0.05, 0) is 25.6 Å². The fourth-order valence-corrected chi connectivity index (χ4v) is 4.12. The molecule has 0 aliphatic rings. The third-order valence-corrected chi connectivity index (χ3v) is 8.86. The fraction of sp³-hybridized carbons (Fsp3) is 1.00. The molecule has 0 fully saturated rings. The Kier molecular flexibility index (Phi) is 4.73. The summed E-state index contributed by atoms with van der Waals surface area (Å²) >= 11 is 0. The van der Waals surface area contributed by atoms with Crippen LogP contribution >= 0.6 is 0 Å². The Morgan fingerprint density at radius 3 is 1.75 bits per heavy atom. The third-order valence-electron chi connectivity index (χ3n) is 2.82. The highest BCUT2D eigenvalue weighted by molar-refractivity contribution is 6.73. The number of hydrogen-bond acceptors (Lipinski definition) is 1. The predicted molar refractivity (Wildman–Crippen MR) is 62.0 cm³/mol. The van der Waals surface area contributed by atoms with Gasteiger partial charge in [0.25, 0.3) is 0 Å². The summed E-state index contributed by atoms with van der Waals surface area (Å²) in [7, 11) is -1.96. The zero-order valence-corrected chi connectivity index (χ0v) is 11.8. The number of rotatable bonds is 4. The summed E-state index contributed by atoms with van der Waals surface area (Å²) in [5, 5.41) is 0. The van der Waals surface area contributed by atoms with E-state index < -0.39 is 17.1 Å². The first kappa shape index (κ1) is 12.4. The van der Waals surface area contributed by atoms with Crippen molar-refractivity contribution in [3.8, 4) is 0 Å². The molecule has 0 amide bonds. The van der Waals surface area contributed by atoms with Gasteiger partial charge in [-0.25, -0.2) is 0 Å². The first-order valence-electron chi connectivity index (χ1n) is 4.95. The Hall–Kier alpha value is 0.394. The molecular weight excluding hydrogens is 180 g/mol. The van der Waals surface area contributed by atoms with E-state index in [0.29, 0.717) is 5.73 Å². The van der Waals surface area contributed by atoms with Crippen LogP contribution in [-0.2, 0) is 4.43 Å². The van der Waals surface area contributed by atoms with Gasteiger partial charge in [-0.1, -0.05) is 26.9 Å². The molecule has 0 aromatic heterocycles. The Balaban J connectivity index is 4.05. The maximum atomic E-state index is 6.16. The monoisotopic (exact) mass is 204 g/mol. The number of hydrogen-bond donors (Lipinski definition) is 0. The van der Waals surface area contributed by atoms with Gasteiger partial charge in [0.05, 0.1) is 8.80 Å². The van der Waals surface area contributed by atoms with Crippen LogP contribution in [0.3, 0.4) is 0 Å². The second-order valence-corrected chi connectivity index (χ2v) is 12.8. The first-order chi connectivity index (χ1) is 5.27. The molecule has 0 aromatic rings. The molecule has 0 saturated carbocycles. The Morgan fingerprint density at radius 1 is 1.08 bits per heavy atom. The summed E-state index contributed by atoms with van der Waals surface area (Å²) in [5.74, 6) is 0. The van der Waals surface area contributed by atoms with Crippen LogP contribution in [0.15, 0.2) is 0 Å². The minimum absolute atomic E-state index is 0.550. The molecule has 1 unspecified atom stereocenters. The highest BCUT2D eigenvalue weighted by atomic mass is 28.4. The molecule has 0 aliphatic heterocycles. The van der Waals surface area contributed by atoms with Crippen LogP contribution in [0.25, 0.3) is 0 Å². The predicted octanol–water partition coefficient (Wildman–Crippen LogP) is 3.03. The molecule has 0 heterocycles. The van der Waals surface area contributed by atoms with Crippen LogP contribution in [0.5, 0.6) is 0 Å². The van der Waals surface area contributed by atoms with Gasteiger partial charge < -0.3 is 4.43 Å². The lowest BCUT2D eigenvalue weighted by molar-refractivity contribution is 0.277. The van der Waals surface area contributed by atoms with E-state index in [1.165, 1.54) is 0 Å². The van der Waals surface area contributed by atoms with Crippen LogP contribution in [0.2, 0.25) is 31.7 Å². The van der Waals surface area contributed by atoms with Crippen molar-refractivity contribution < 1.29 is 4.43 Å². The van der Waals surface area contributed by atoms with E-state index in [1.54, 1.807) is 0 Å². The largest absolute Gasteiger partial charge is 0.418 e. The van der Waals surface area contributed by atoms with E-state index in [2.05, 4.69) is 47.0 Å². The molecule has 1 nitrogen and oxygen atoms in total. The molecule has 0 rings (SSSR count). The van der Waals surface area contributed by atoms with Gasteiger partial charge in [-0.2, -0.15) is 0 Å². The summed E-state index contributed by atoms with van der Waals surface area (Å²) in [6.07, 6.45) is 0. The smallest absolute Gasteiger partial charge is 0.189 e. The molecule has 0 radical (unpaired) electrons. The van der Waals surface area contributed by atoms with Crippen molar-refractivity contribution in [3.63, 3.8) is 0 Å². The Bertz CT molecular complexity index is 132. The minimum atomic E-state index is -1.37. The molecule has 74 valence electrons. The Labute approximate surface area is 80.3 Å². The van der Waals surface area contributed by atoms with Crippen molar-refractivity contribution in [1.29, 1.82) is 0 Å². The molecule has 12 heavy (non-hydrogen) atoms. The van der Waals surface area contributed by atoms with Crippen molar-refractivity contribution >= 4 is 17.1 Å². The molecule has 0 saturated heterocycles. The quantitative estimate of drug-likeness (QED) is 0.640. The van der Waals surface area contributed by atoms with Gasteiger partial charge in [0.2, 0.25) is 0 Å². The van der Waals surface area contributed by atoms with Crippen LogP contribution in [0.4, 0.5) is 0 Å². The van der Waals surface area contributed by atoms with Crippen molar-refractivity contribution in [1.82, 2.24) is 0 Å². The first-order valence-corrected chi connectivity index (χ1v) is 10.9. The maximum Gasteiger partial charge on any atom is 0.189 e. The van der Waals surface area contributed by atoms with Gasteiger partial charge in [-0.15, -0.1) is 0 Å². The average molecular weight is 204 g/mol. The highest BCUT2D eigenvalue weighted by Crippen LogP contribution is 2.23. The molecule has 0 bridgehead atoms. The van der Waals surface area contributed by atoms with Crippen molar-refractivity contribution in [2.24, 2.45) is 0 Å². The highest BCUT2D eigenvalue weighted by Gasteiger charge is 2.29. The van der Waals surface area contributed by atoms with Crippen molar-refractivity contribution in [2.75, 3.05) is 0 Å². The maximum absolute atomic E-state index is 6.16. The van der Waals surface area contributed by atoms with Crippen molar-refractivity contribution in [3.05, 3.63) is 0 Å². The van der Waals surface area contributed by atoms with E-state index >= 15 is 0 Å². The zero-order valence-electron chi connectivity index (χ0n) is 9.64. The molecular formula is C9H24OSi2. The van der Waals surface area contributed by atoms with Gasteiger partial charge in [0, 0.05) is 5.73 Å². The van der Waals surface area contributed by atoms with Crippen LogP contribution in [0, 0.1) is 0 Å². The SMILES string of the molecule is CC(O[Si](C)(C)C(C)C)[SiH](C)C. The minimum Gasteiger partial charge on any atom is -0.418 e. The van der Waals surface area contributed by atoms with E-state index in [1.807, 2.05) is 0 Å². The van der Waals surface area contributed by atoms with Gasteiger partial charge in [-0.3, -0.25) is 0 Å². The zero-order chi connectivity index (χ0) is 9.94. The summed E-state index contributed by atoms with van der Waals surface area (Å²) in [5.41, 5.74) is 1.28. The van der Waals surface area contributed by atoms with Crippen LogP contribution < -0.4 is 0 Å². The van der Waals surface area contributed by atoms with E-state index in [-0.39, 0.29) is 0 Å². The molecule has 0 N–H and O–H groups in total. The third kappa shape index (κ3) is 3.87. The Morgan fingerprint density at radius 2 is 1.50 bits per heavy atom. The summed E-state index contributed by atoms with van der Waals surface area (Å²) in [4.78, 5) is 0. The molecule has 3 heteroatoms. The van der Waals surface area contributed by atoms with E-state index in [0.717, 1.165) is 5.54 Å². The molecule has 0 aliphatic carbocycles. The molecule has 1 atom stereocenters. The summed E-state index contributed by atoms with van der Waals surface area (Å²) in [6.45, 7) is 16.2. The average Bonchev–Trinajstić information content (AvgIpc) is 1.85. The molecule has 0 aromatic carbocycles. The lowest BCUT2D eigenvalue weighted by Gasteiger charge is -2.32. The van der Waals surface area contributed by atoms with Crippen LogP contribution in [-0.4, -0.2) is 22.8 Å². The van der Waals surface area contributed by atoms with E-state index in [4.69, 9.17) is 4.43 Å². The topological polar surface area (TPSA) is 9.23 Å². The van der Waals surface area contributed by atoms with E-state index in [9.17, 15) is 0 Å². The van der Waals surface area contributed by atoms with Gasteiger partial charge in [0.15, 0.2) is 8.32 Å². The second kappa shape index (κ2) is 4.58.